The van der Waals surface area contributed by atoms with E-state index in [0.29, 0.717) is 0 Å². The van der Waals surface area contributed by atoms with Crippen molar-refractivity contribution in [3.63, 3.8) is 0 Å². The van der Waals surface area contributed by atoms with Gasteiger partial charge in [-0.05, 0) is 13.3 Å². The first kappa shape index (κ1) is 14.5. The number of allylic oxidation sites excluding steroid dienone is 1. The van der Waals surface area contributed by atoms with Gasteiger partial charge in [-0.15, -0.1) is 4.91 Å². The summed E-state index contributed by atoms with van der Waals surface area (Å²) in [7, 11) is 0. The van der Waals surface area contributed by atoms with E-state index in [9.17, 15) is 14.5 Å². The molecule has 2 amide bonds. The number of nitrogens with zero attached hydrogens (tertiary/aromatic N) is 2. The third-order valence-electron chi connectivity index (χ3n) is 2.88. The smallest absolute Gasteiger partial charge is 0.318 e. The highest BCUT2D eigenvalue weighted by Gasteiger charge is 2.53. The van der Waals surface area contributed by atoms with E-state index in [0.717, 1.165) is 23.4 Å². The van der Waals surface area contributed by atoms with Gasteiger partial charge in [0.2, 0.25) is 0 Å². The van der Waals surface area contributed by atoms with Crippen LogP contribution in [0.2, 0.25) is 0 Å². The monoisotopic (exact) mass is 255 g/mol. The fourth-order valence-corrected chi connectivity index (χ4v) is 1.70. The number of hydrogen-bond donors (Lipinski definition) is 1. The van der Waals surface area contributed by atoms with Gasteiger partial charge in [0.15, 0.2) is 5.54 Å². The molecule has 18 heavy (non-hydrogen) atoms. The first-order chi connectivity index (χ1) is 8.47. The fraction of sp³-hybridized carbons (Fsp3) is 0.636. The van der Waals surface area contributed by atoms with Gasteiger partial charge in [-0.1, -0.05) is 18.9 Å². The molecular weight excluding hydrogens is 238 g/mol. The Bertz CT molecular complexity index is 388. The molecule has 7 nitrogen and oxygen atoms in total. The summed E-state index contributed by atoms with van der Waals surface area (Å²) in [6.45, 7) is 3.60. The molecule has 0 unspecified atom stereocenters. The van der Waals surface area contributed by atoms with Crippen molar-refractivity contribution in [2.75, 3.05) is 13.2 Å². The summed E-state index contributed by atoms with van der Waals surface area (Å²) >= 11 is 0. The highest BCUT2D eigenvalue weighted by Crippen LogP contribution is 2.25. The summed E-state index contributed by atoms with van der Waals surface area (Å²) in [5, 5.41) is 3.09. The molecule has 0 bridgehead atoms. The first-order valence-electron chi connectivity index (χ1n) is 5.69. The molecule has 1 heterocycles. The average Bonchev–Trinajstić information content (AvgIpc) is 2.27. The minimum atomic E-state index is -1.43. The number of hydrogen-bond acceptors (Lipinski definition) is 5. The van der Waals surface area contributed by atoms with Gasteiger partial charge in [-0.3, -0.25) is 14.6 Å². The van der Waals surface area contributed by atoms with Crippen molar-refractivity contribution in [1.82, 2.24) is 5.01 Å². The molecule has 0 saturated carbocycles. The van der Waals surface area contributed by atoms with Crippen molar-refractivity contribution in [3.8, 4) is 0 Å². The van der Waals surface area contributed by atoms with E-state index in [2.05, 4.69) is 5.18 Å². The van der Waals surface area contributed by atoms with E-state index < -0.39 is 17.4 Å². The van der Waals surface area contributed by atoms with Gasteiger partial charge in [-0.2, -0.15) is 0 Å². The van der Waals surface area contributed by atoms with Gasteiger partial charge >= 0.3 is 5.91 Å². The summed E-state index contributed by atoms with van der Waals surface area (Å²) < 4.78 is 4.87. The minimum absolute atomic E-state index is 0.0967. The maximum atomic E-state index is 11.9. The number of ether oxygens (including phenoxy) is 1. The number of nitroso groups, excluding NO2 is 1. The van der Waals surface area contributed by atoms with Crippen LogP contribution in [0.3, 0.4) is 0 Å². The zero-order valence-corrected chi connectivity index (χ0v) is 10.5. The Kier molecular flexibility index (Phi) is 4.69. The van der Waals surface area contributed by atoms with Crippen LogP contribution < -0.4 is 5.84 Å². The Morgan fingerprint density at radius 1 is 1.50 bits per heavy atom. The molecule has 1 aliphatic rings. The number of carbonyl (C=O) groups excluding carboxylic acids is 2. The van der Waals surface area contributed by atoms with Crippen LogP contribution in [0.25, 0.3) is 0 Å². The van der Waals surface area contributed by atoms with Gasteiger partial charge in [-0.25, -0.2) is 5.84 Å². The predicted molar refractivity (Wildman–Crippen MR) is 64.1 cm³/mol. The van der Waals surface area contributed by atoms with Crippen molar-refractivity contribution in [2.24, 2.45) is 11.0 Å². The molecular formula is C11H17N3O4. The first-order valence-corrected chi connectivity index (χ1v) is 5.69. The lowest BCUT2D eigenvalue weighted by molar-refractivity contribution is -0.175. The Morgan fingerprint density at radius 2 is 2.11 bits per heavy atom. The van der Waals surface area contributed by atoms with Gasteiger partial charge in [0.25, 0.3) is 5.91 Å². The number of hydrazine groups is 1. The minimum Gasteiger partial charge on any atom is -0.375 e. The van der Waals surface area contributed by atoms with Crippen LogP contribution in [0.4, 0.5) is 0 Å². The van der Waals surface area contributed by atoms with Crippen molar-refractivity contribution < 1.29 is 14.3 Å². The lowest BCUT2D eigenvalue weighted by atomic mass is 9.95. The van der Waals surface area contributed by atoms with Crippen molar-refractivity contribution >= 4 is 11.8 Å². The lowest BCUT2D eigenvalue weighted by Crippen LogP contribution is -2.70. The number of nitrogens with two attached hydrogens (primary N) is 1. The zero-order valence-electron chi connectivity index (χ0n) is 10.5. The van der Waals surface area contributed by atoms with Gasteiger partial charge < -0.3 is 4.74 Å². The molecule has 0 aliphatic carbocycles. The topological polar surface area (TPSA) is 102 Å². The van der Waals surface area contributed by atoms with Crippen molar-refractivity contribution in [3.05, 3.63) is 16.6 Å². The van der Waals surface area contributed by atoms with Crippen LogP contribution in [0, 0.1) is 4.91 Å². The van der Waals surface area contributed by atoms with Crippen LogP contribution in [-0.2, 0) is 14.3 Å². The maximum Gasteiger partial charge on any atom is 0.318 e. The standard InChI is InChI=1S/C11H17N3O4/c1-3-4-8(2)5-9(15)14(12)11(6-18-7-11)10(16)13-17/h5H,3-4,6-7,12H2,1-2H3/b8-5+. The number of rotatable bonds is 5. The van der Waals surface area contributed by atoms with Gasteiger partial charge in [0.1, 0.15) is 0 Å². The molecule has 100 valence electrons. The quantitative estimate of drug-likeness (QED) is 0.253. The molecule has 1 aliphatic heterocycles. The average molecular weight is 255 g/mol. The Labute approximate surface area is 105 Å². The second kappa shape index (κ2) is 5.83. The van der Waals surface area contributed by atoms with Crippen LogP contribution in [0.5, 0.6) is 0 Å². The molecule has 0 atom stereocenters. The van der Waals surface area contributed by atoms with Crippen molar-refractivity contribution in [2.45, 2.75) is 32.2 Å². The highest BCUT2D eigenvalue weighted by molar-refractivity contribution is 5.96. The van der Waals surface area contributed by atoms with Crippen LogP contribution in [-0.4, -0.2) is 35.6 Å². The summed E-state index contributed by atoms with van der Waals surface area (Å²) in [5.41, 5.74) is -0.568. The van der Waals surface area contributed by atoms with Gasteiger partial charge in [0, 0.05) is 11.3 Å². The molecule has 0 radical (unpaired) electrons. The SMILES string of the molecule is CCC/C(C)=C/C(=O)N(N)C1(C(=O)N=O)COC1. The van der Waals surface area contributed by atoms with E-state index in [-0.39, 0.29) is 13.2 Å². The Balaban J connectivity index is 2.82. The fourth-order valence-electron chi connectivity index (χ4n) is 1.70. The molecule has 2 N–H and O–H groups in total. The van der Waals surface area contributed by atoms with Crippen LogP contribution in [0.15, 0.2) is 16.8 Å². The van der Waals surface area contributed by atoms with Crippen LogP contribution in [0.1, 0.15) is 26.7 Å². The Hall–Kier alpha value is -1.60. The molecule has 1 rings (SSSR count). The number of amides is 2. The summed E-state index contributed by atoms with van der Waals surface area (Å²) in [6, 6.07) is 0. The third-order valence-corrected chi connectivity index (χ3v) is 2.88. The van der Waals surface area contributed by atoms with E-state index in [1.165, 1.54) is 6.08 Å². The molecule has 0 spiro atoms. The van der Waals surface area contributed by atoms with E-state index in [1.54, 1.807) is 6.92 Å². The number of carbonyl (C=O) groups is 2. The second-order valence-corrected chi connectivity index (χ2v) is 4.37. The van der Waals surface area contributed by atoms with Gasteiger partial charge in [0.05, 0.1) is 13.2 Å². The molecule has 1 fully saturated rings. The van der Waals surface area contributed by atoms with E-state index in [4.69, 9.17) is 10.6 Å². The third kappa shape index (κ3) is 2.62. The molecule has 1 saturated heterocycles. The summed E-state index contributed by atoms with van der Waals surface area (Å²) in [5.74, 6) is 4.11. The molecule has 0 aromatic carbocycles. The molecule has 0 aromatic rings. The maximum absolute atomic E-state index is 11.9. The molecule has 7 heteroatoms. The zero-order chi connectivity index (χ0) is 13.8. The predicted octanol–water partition coefficient (Wildman–Crippen LogP) is 0.497. The lowest BCUT2D eigenvalue weighted by Gasteiger charge is -2.43. The van der Waals surface area contributed by atoms with Crippen molar-refractivity contribution in [1.29, 1.82) is 0 Å². The van der Waals surface area contributed by atoms with Crippen LogP contribution >= 0.6 is 0 Å². The summed E-state index contributed by atoms with van der Waals surface area (Å²) in [6.07, 6.45) is 3.04. The normalized spacial score (nSPS) is 17.8. The second-order valence-electron chi connectivity index (χ2n) is 4.37. The van der Waals surface area contributed by atoms with E-state index in [1.807, 2.05) is 6.92 Å². The largest absolute Gasteiger partial charge is 0.375 e. The highest BCUT2D eigenvalue weighted by atomic mass is 16.5. The Morgan fingerprint density at radius 3 is 2.50 bits per heavy atom. The molecule has 0 aromatic heterocycles. The summed E-state index contributed by atoms with van der Waals surface area (Å²) in [4.78, 5) is 33.6. The van der Waals surface area contributed by atoms with E-state index >= 15 is 0 Å².